The molecule has 8 heteroatoms. The van der Waals surface area contributed by atoms with Crippen molar-refractivity contribution in [1.29, 1.82) is 0 Å². The molecule has 2 rings (SSSR count). The molecule has 3 N–H and O–H groups in total. The molecule has 0 radical (unpaired) electrons. The summed E-state index contributed by atoms with van der Waals surface area (Å²) in [5, 5.41) is 13.4. The molecule has 0 atom stereocenters. The molecule has 0 saturated heterocycles. The first-order chi connectivity index (χ1) is 11.6. The second kappa shape index (κ2) is 10.7. The molecular weight excluding hydrogens is 431 g/mol. The van der Waals surface area contributed by atoms with E-state index in [4.69, 9.17) is 0 Å². The molecule has 1 heterocycles. The Morgan fingerprint density at radius 2 is 1.96 bits per heavy atom. The van der Waals surface area contributed by atoms with E-state index in [0.29, 0.717) is 31.2 Å². The summed E-state index contributed by atoms with van der Waals surface area (Å²) >= 11 is 0. The van der Waals surface area contributed by atoms with Crippen LogP contribution in [0.2, 0.25) is 0 Å². The SMILES string of the molecule is CN=C(NCCNC(=O)c1cccc(C)c1)NCc1ccnn1C.I. The van der Waals surface area contributed by atoms with Gasteiger partial charge in [0.1, 0.15) is 0 Å². The number of guanidine groups is 1. The number of hydrogen-bond donors (Lipinski definition) is 3. The fourth-order valence-corrected chi connectivity index (χ4v) is 2.21. The summed E-state index contributed by atoms with van der Waals surface area (Å²) in [5.74, 6) is 0.610. The van der Waals surface area contributed by atoms with Crippen LogP contribution in [-0.2, 0) is 13.6 Å². The predicted molar refractivity (Wildman–Crippen MR) is 110 cm³/mol. The molecule has 2 aromatic rings. The first-order valence-corrected chi connectivity index (χ1v) is 7.86. The fourth-order valence-electron chi connectivity index (χ4n) is 2.21. The van der Waals surface area contributed by atoms with Gasteiger partial charge in [0.15, 0.2) is 5.96 Å². The van der Waals surface area contributed by atoms with E-state index < -0.39 is 0 Å². The van der Waals surface area contributed by atoms with Gasteiger partial charge in [0.05, 0.1) is 12.2 Å². The monoisotopic (exact) mass is 456 g/mol. The Balaban J connectivity index is 0.00000312. The van der Waals surface area contributed by atoms with Gasteiger partial charge in [-0.25, -0.2) is 0 Å². The van der Waals surface area contributed by atoms with Crippen LogP contribution in [0.4, 0.5) is 0 Å². The molecule has 1 amide bonds. The second-order valence-corrected chi connectivity index (χ2v) is 5.42. The summed E-state index contributed by atoms with van der Waals surface area (Å²) < 4.78 is 1.81. The zero-order valence-corrected chi connectivity index (χ0v) is 17.1. The second-order valence-electron chi connectivity index (χ2n) is 5.42. The molecule has 0 spiro atoms. The average molecular weight is 456 g/mol. The highest BCUT2D eigenvalue weighted by molar-refractivity contribution is 14.0. The first-order valence-electron chi connectivity index (χ1n) is 7.86. The van der Waals surface area contributed by atoms with E-state index in [1.54, 1.807) is 13.2 Å². The number of rotatable bonds is 6. The molecule has 0 aliphatic heterocycles. The van der Waals surface area contributed by atoms with E-state index in [0.717, 1.165) is 11.3 Å². The van der Waals surface area contributed by atoms with Crippen molar-refractivity contribution < 1.29 is 4.79 Å². The van der Waals surface area contributed by atoms with Crippen LogP contribution in [-0.4, -0.2) is 41.8 Å². The van der Waals surface area contributed by atoms with Gasteiger partial charge < -0.3 is 16.0 Å². The third-order valence-electron chi connectivity index (χ3n) is 3.57. The van der Waals surface area contributed by atoms with Gasteiger partial charge in [-0.1, -0.05) is 17.7 Å². The number of aromatic nitrogens is 2. The van der Waals surface area contributed by atoms with Crippen LogP contribution < -0.4 is 16.0 Å². The lowest BCUT2D eigenvalue weighted by Crippen LogP contribution is -2.41. The number of nitrogens with one attached hydrogen (secondary N) is 3. The zero-order valence-electron chi connectivity index (χ0n) is 14.7. The van der Waals surface area contributed by atoms with Crippen LogP contribution >= 0.6 is 24.0 Å². The molecule has 1 aromatic carbocycles. The standard InChI is InChI=1S/C17H24N6O.HI/c1-13-5-4-6-14(11-13)16(24)19-9-10-20-17(18-2)21-12-15-7-8-22-23(15)3;/h4-8,11H,9-10,12H2,1-3H3,(H,19,24)(H2,18,20,21);1H. The Kier molecular flexibility index (Phi) is 8.96. The Morgan fingerprint density at radius 1 is 1.20 bits per heavy atom. The highest BCUT2D eigenvalue weighted by Crippen LogP contribution is 2.03. The van der Waals surface area contributed by atoms with Gasteiger partial charge in [-0.2, -0.15) is 5.10 Å². The van der Waals surface area contributed by atoms with Crippen molar-refractivity contribution in [3.05, 3.63) is 53.3 Å². The maximum atomic E-state index is 12.0. The third kappa shape index (κ3) is 6.73. The number of carbonyl (C=O) groups excluding carboxylic acids is 1. The van der Waals surface area contributed by atoms with Crippen molar-refractivity contribution in [1.82, 2.24) is 25.7 Å². The van der Waals surface area contributed by atoms with Gasteiger partial charge in [0, 0.05) is 38.9 Å². The maximum Gasteiger partial charge on any atom is 0.251 e. The largest absolute Gasteiger partial charge is 0.355 e. The van der Waals surface area contributed by atoms with Crippen molar-refractivity contribution in [2.75, 3.05) is 20.1 Å². The average Bonchev–Trinajstić information content (AvgIpc) is 2.99. The normalized spacial score (nSPS) is 10.8. The number of halogens is 1. The molecular formula is C17H25IN6O. The summed E-state index contributed by atoms with van der Waals surface area (Å²) in [4.78, 5) is 16.2. The number of aryl methyl sites for hydroxylation is 2. The lowest BCUT2D eigenvalue weighted by Gasteiger charge is -2.12. The van der Waals surface area contributed by atoms with Crippen LogP contribution in [0.15, 0.2) is 41.5 Å². The molecule has 0 saturated carbocycles. The van der Waals surface area contributed by atoms with Gasteiger partial charge in [-0.3, -0.25) is 14.5 Å². The quantitative estimate of drug-likeness (QED) is 0.266. The van der Waals surface area contributed by atoms with E-state index in [2.05, 4.69) is 26.0 Å². The van der Waals surface area contributed by atoms with Crippen LogP contribution in [0.1, 0.15) is 21.6 Å². The van der Waals surface area contributed by atoms with Crippen molar-refractivity contribution in [2.24, 2.45) is 12.0 Å². The number of benzene rings is 1. The fraction of sp³-hybridized carbons (Fsp3) is 0.353. The third-order valence-corrected chi connectivity index (χ3v) is 3.57. The van der Waals surface area contributed by atoms with Crippen LogP contribution in [0.25, 0.3) is 0 Å². The summed E-state index contributed by atoms with van der Waals surface area (Å²) in [6.07, 6.45) is 1.76. The smallest absolute Gasteiger partial charge is 0.251 e. The van der Waals surface area contributed by atoms with Crippen LogP contribution in [0.3, 0.4) is 0 Å². The predicted octanol–water partition coefficient (Wildman–Crippen LogP) is 1.44. The topological polar surface area (TPSA) is 83.3 Å². The molecule has 0 aliphatic rings. The molecule has 0 fully saturated rings. The van der Waals surface area contributed by atoms with E-state index in [-0.39, 0.29) is 29.9 Å². The van der Waals surface area contributed by atoms with Crippen molar-refractivity contribution in [2.45, 2.75) is 13.5 Å². The Labute approximate surface area is 165 Å². The lowest BCUT2D eigenvalue weighted by atomic mass is 10.1. The summed E-state index contributed by atoms with van der Waals surface area (Å²) in [6, 6.07) is 9.48. The van der Waals surface area contributed by atoms with Crippen LogP contribution in [0, 0.1) is 6.92 Å². The van der Waals surface area contributed by atoms with Gasteiger partial charge >= 0.3 is 0 Å². The zero-order chi connectivity index (χ0) is 17.4. The molecule has 136 valence electrons. The van der Waals surface area contributed by atoms with E-state index in [9.17, 15) is 4.79 Å². The van der Waals surface area contributed by atoms with Gasteiger partial charge in [0.2, 0.25) is 0 Å². The summed E-state index contributed by atoms with van der Waals surface area (Å²) in [7, 11) is 3.61. The van der Waals surface area contributed by atoms with Gasteiger partial charge in [0.25, 0.3) is 5.91 Å². The van der Waals surface area contributed by atoms with Crippen molar-refractivity contribution in [3.8, 4) is 0 Å². The van der Waals surface area contributed by atoms with E-state index in [1.165, 1.54) is 0 Å². The summed E-state index contributed by atoms with van der Waals surface area (Å²) in [6.45, 7) is 3.70. The van der Waals surface area contributed by atoms with E-state index in [1.807, 2.05) is 49.0 Å². The highest BCUT2D eigenvalue weighted by atomic mass is 127. The van der Waals surface area contributed by atoms with E-state index >= 15 is 0 Å². The Hall–Kier alpha value is -2.10. The van der Waals surface area contributed by atoms with Gasteiger partial charge in [-0.15, -0.1) is 24.0 Å². The maximum absolute atomic E-state index is 12.0. The molecule has 0 aliphatic carbocycles. The summed E-state index contributed by atoms with van der Waals surface area (Å²) in [5.41, 5.74) is 2.81. The van der Waals surface area contributed by atoms with Crippen molar-refractivity contribution >= 4 is 35.8 Å². The van der Waals surface area contributed by atoms with Crippen molar-refractivity contribution in [3.63, 3.8) is 0 Å². The minimum Gasteiger partial charge on any atom is -0.355 e. The number of nitrogens with zero attached hydrogens (tertiary/aromatic N) is 3. The molecule has 0 unspecified atom stereocenters. The molecule has 7 nitrogen and oxygen atoms in total. The minimum absolute atomic E-state index is 0. The number of carbonyl (C=O) groups is 1. The minimum atomic E-state index is -0.0710. The molecule has 25 heavy (non-hydrogen) atoms. The highest BCUT2D eigenvalue weighted by Gasteiger charge is 2.05. The number of amides is 1. The van der Waals surface area contributed by atoms with Crippen LogP contribution in [0.5, 0.6) is 0 Å². The lowest BCUT2D eigenvalue weighted by molar-refractivity contribution is 0.0954. The van der Waals surface area contributed by atoms with Gasteiger partial charge in [-0.05, 0) is 25.1 Å². The molecule has 0 bridgehead atoms. The molecule has 1 aromatic heterocycles. The Bertz CT molecular complexity index is 713. The number of hydrogen-bond acceptors (Lipinski definition) is 3. The Morgan fingerprint density at radius 3 is 2.60 bits per heavy atom. The number of aliphatic imine (C=N–C) groups is 1. The first kappa shape index (κ1) is 20.9.